The molecule has 8 aromatic carbocycles. The number of nitrogens with zero attached hydrogens (tertiary/aromatic N) is 1. The van der Waals surface area contributed by atoms with Gasteiger partial charge in [-0.1, -0.05) is 166 Å². The Hall–Kier alpha value is -6.58. The highest BCUT2D eigenvalue weighted by Gasteiger charge is 2.42. The summed E-state index contributed by atoms with van der Waals surface area (Å²) in [6.45, 7) is 9.04. The first-order chi connectivity index (χ1) is 27.3. The topological polar surface area (TPSA) is 12.5 Å². The molecule has 56 heavy (non-hydrogen) atoms. The summed E-state index contributed by atoms with van der Waals surface area (Å²) < 4.78 is 6.91. The molecular formula is C53H42BNO. The molecule has 0 bridgehead atoms. The Labute approximate surface area is 330 Å². The van der Waals surface area contributed by atoms with E-state index in [1.165, 1.54) is 72.1 Å². The molecule has 0 N–H and O–H groups in total. The second-order valence-corrected chi connectivity index (χ2v) is 16.3. The average Bonchev–Trinajstić information content (AvgIpc) is 3.23. The van der Waals surface area contributed by atoms with Crippen molar-refractivity contribution >= 4 is 40.2 Å². The fourth-order valence-corrected chi connectivity index (χ4v) is 8.69. The standard InChI is InChI=1S/C53H42BNO/c1-35-29-49-52-51(30-35)56-50-28-25-40(37-17-10-6-11-18-37)33-46(50)54(52)45-26-23-41(38-19-12-7-13-20-38)34-48(45)55(49)47-27-24-39(36-15-8-5-9-16-36)32-44(47)42-21-14-22-43(31-42)53(2,3)4/h5-34H,1-4H3. The second-order valence-electron chi connectivity index (χ2n) is 16.3. The smallest absolute Gasteiger partial charge is 0.256 e. The number of hydrogen-bond acceptors (Lipinski definition) is 2. The quantitative estimate of drug-likeness (QED) is 0.164. The summed E-state index contributed by atoms with van der Waals surface area (Å²) in [5.74, 6) is 1.84. The number of aryl methyl sites for hydroxylation is 1. The van der Waals surface area contributed by atoms with Crippen molar-refractivity contribution in [1.82, 2.24) is 0 Å². The van der Waals surface area contributed by atoms with Crippen LogP contribution in [0.25, 0.3) is 44.5 Å². The van der Waals surface area contributed by atoms with E-state index >= 15 is 0 Å². The fraction of sp³-hybridized carbons (Fsp3) is 0.0943. The maximum absolute atomic E-state index is 6.91. The molecule has 2 aliphatic rings. The van der Waals surface area contributed by atoms with Crippen molar-refractivity contribution in [3.63, 3.8) is 0 Å². The summed E-state index contributed by atoms with van der Waals surface area (Å²) in [5.41, 5.74) is 19.1. The summed E-state index contributed by atoms with van der Waals surface area (Å²) in [6.07, 6.45) is 0. The number of benzene rings is 8. The third kappa shape index (κ3) is 5.83. The molecule has 0 atom stereocenters. The van der Waals surface area contributed by atoms with Crippen LogP contribution in [0.4, 0.5) is 17.1 Å². The lowest BCUT2D eigenvalue weighted by molar-refractivity contribution is 0.487. The molecule has 0 aromatic heterocycles. The van der Waals surface area contributed by atoms with E-state index in [0.717, 1.165) is 28.4 Å². The lowest BCUT2D eigenvalue weighted by Gasteiger charge is -2.41. The predicted octanol–water partition coefficient (Wildman–Crippen LogP) is 12.4. The Balaban J connectivity index is 1.26. The van der Waals surface area contributed by atoms with Crippen molar-refractivity contribution in [2.45, 2.75) is 33.1 Å². The Bertz CT molecular complexity index is 2770. The molecular weight excluding hydrogens is 677 g/mol. The molecule has 0 amide bonds. The third-order valence-corrected chi connectivity index (χ3v) is 11.5. The zero-order valence-corrected chi connectivity index (χ0v) is 32.3. The lowest BCUT2D eigenvalue weighted by atomic mass is 9.34. The minimum atomic E-state index is -0.0136. The van der Waals surface area contributed by atoms with Crippen LogP contribution in [0.15, 0.2) is 182 Å². The first kappa shape index (κ1) is 34.0. The molecule has 0 saturated carbocycles. The van der Waals surface area contributed by atoms with E-state index in [1.54, 1.807) is 0 Å². The van der Waals surface area contributed by atoms with Crippen LogP contribution in [0.1, 0.15) is 31.9 Å². The molecule has 8 aromatic rings. The number of rotatable bonds is 5. The second kappa shape index (κ2) is 13.3. The molecule has 2 heterocycles. The van der Waals surface area contributed by atoms with Crippen molar-refractivity contribution in [2.75, 3.05) is 4.90 Å². The van der Waals surface area contributed by atoms with Crippen LogP contribution in [0.2, 0.25) is 0 Å². The minimum Gasteiger partial charge on any atom is -0.458 e. The van der Waals surface area contributed by atoms with Crippen molar-refractivity contribution in [1.29, 1.82) is 0 Å². The molecule has 2 aliphatic heterocycles. The van der Waals surface area contributed by atoms with Crippen LogP contribution >= 0.6 is 0 Å². The summed E-state index contributed by atoms with van der Waals surface area (Å²) in [5, 5.41) is 0. The van der Waals surface area contributed by atoms with Crippen molar-refractivity contribution in [2.24, 2.45) is 0 Å². The highest BCUT2D eigenvalue weighted by atomic mass is 16.5. The van der Waals surface area contributed by atoms with Gasteiger partial charge in [0, 0.05) is 16.9 Å². The summed E-state index contributed by atoms with van der Waals surface area (Å²) >= 11 is 0. The van der Waals surface area contributed by atoms with Gasteiger partial charge in [0.15, 0.2) is 0 Å². The average molecular weight is 720 g/mol. The molecule has 0 saturated heterocycles. The van der Waals surface area contributed by atoms with Crippen LogP contribution in [0, 0.1) is 6.92 Å². The molecule has 0 radical (unpaired) electrons. The predicted molar refractivity (Wildman–Crippen MR) is 237 cm³/mol. The van der Waals surface area contributed by atoms with Crippen molar-refractivity contribution in [3.8, 4) is 56.0 Å². The Morgan fingerprint density at radius 2 is 1.02 bits per heavy atom. The summed E-state index contributed by atoms with van der Waals surface area (Å²) in [7, 11) is 0. The number of anilines is 3. The first-order valence-corrected chi connectivity index (χ1v) is 19.6. The number of hydrogen-bond donors (Lipinski definition) is 0. The van der Waals surface area contributed by atoms with E-state index in [2.05, 4.69) is 215 Å². The van der Waals surface area contributed by atoms with Gasteiger partial charge in [0.25, 0.3) is 6.71 Å². The molecule has 10 rings (SSSR count). The van der Waals surface area contributed by atoms with Gasteiger partial charge in [-0.2, -0.15) is 0 Å². The van der Waals surface area contributed by atoms with Gasteiger partial charge in [-0.25, -0.2) is 0 Å². The minimum absolute atomic E-state index is 0.00168. The van der Waals surface area contributed by atoms with Crippen LogP contribution in [0.5, 0.6) is 11.5 Å². The van der Waals surface area contributed by atoms with Crippen LogP contribution in [-0.2, 0) is 5.41 Å². The molecule has 268 valence electrons. The molecule has 3 heteroatoms. The Morgan fingerprint density at radius 3 is 1.68 bits per heavy atom. The van der Waals surface area contributed by atoms with E-state index < -0.39 is 0 Å². The fourth-order valence-electron chi connectivity index (χ4n) is 8.69. The number of ether oxygens (including phenoxy) is 1. The molecule has 2 nitrogen and oxygen atoms in total. The summed E-state index contributed by atoms with van der Waals surface area (Å²) in [6, 6.07) is 66.6. The van der Waals surface area contributed by atoms with E-state index in [9.17, 15) is 0 Å². The Kier molecular flexibility index (Phi) is 8.08. The molecule has 0 aliphatic carbocycles. The van der Waals surface area contributed by atoms with Gasteiger partial charge in [-0.3, -0.25) is 0 Å². The van der Waals surface area contributed by atoms with E-state index in [1.807, 2.05) is 0 Å². The maximum Gasteiger partial charge on any atom is 0.256 e. The van der Waals surface area contributed by atoms with E-state index in [-0.39, 0.29) is 12.1 Å². The SMILES string of the molecule is Cc1cc2c3c(c1)N(c1ccc(-c4ccccc4)cc1-c1cccc(C(C)(C)C)c1)c1cc(-c4ccccc4)ccc1B3c1cc(-c3ccccc3)ccc1O2. The van der Waals surface area contributed by atoms with Crippen LogP contribution in [0.3, 0.4) is 0 Å². The summed E-state index contributed by atoms with van der Waals surface area (Å²) in [4.78, 5) is 2.52. The van der Waals surface area contributed by atoms with Crippen molar-refractivity contribution in [3.05, 3.63) is 193 Å². The van der Waals surface area contributed by atoms with Gasteiger partial charge >= 0.3 is 0 Å². The monoisotopic (exact) mass is 719 g/mol. The normalized spacial score (nSPS) is 12.7. The van der Waals surface area contributed by atoms with Gasteiger partial charge in [-0.15, -0.1) is 0 Å². The molecule has 0 spiro atoms. The highest BCUT2D eigenvalue weighted by molar-refractivity contribution is 6.99. The number of fused-ring (bicyclic) bond motifs is 4. The van der Waals surface area contributed by atoms with Gasteiger partial charge in [-0.05, 0) is 115 Å². The largest absolute Gasteiger partial charge is 0.458 e. The lowest BCUT2D eigenvalue weighted by Crippen LogP contribution is -2.59. The van der Waals surface area contributed by atoms with Crippen LogP contribution < -0.4 is 26.0 Å². The van der Waals surface area contributed by atoms with Gasteiger partial charge in [0.2, 0.25) is 0 Å². The zero-order chi connectivity index (χ0) is 38.0. The Morgan fingerprint density at radius 1 is 0.429 bits per heavy atom. The maximum atomic E-state index is 6.91. The molecule has 0 fully saturated rings. The van der Waals surface area contributed by atoms with Crippen molar-refractivity contribution < 1.29 is 4.74 Å². The van der Waals surface area contributed by atoms with Gasteiger partial charge in [0.1, 0.15) is 11.5 Å². The van der Waals surface area contributed by atoms with Crippen LogP contribution in [-0.4, -0.2) is 6.71 Å². The van der Waals surface area contributed by atoms with E-state index in [4.69, 9.17) is 4.74 Å². The van der Waals surface area contributed by atoms with Gasteiger partial charge < -0.3 is 9.64 Å². The highest BCUT2D eigenvalue weighted by Crippen LogP contribution is 2.47. The van der Waals surface area contributed by atoms with E-state index in [0.29, 0.717) is 0 Å². The third-order valence-electron chi connectivity index (χ3n) is 11.5. The molecule has 0 unspecified atom stereocenters. The zero-order valence-electron chi connectivity index (χ0n) is 32.3. The van der Waals surface area contributed by atoms with Gasteiger partial charge in [0.05, 0.1) is 5.69 Å². The first-order valence-electron chi connectivity index (χ1n) is 19.6.